The van der Waals surface area contributed by atoms with Crippen LogP contribution in [0.5, 0.6) is 17.2 Å². The first-order valence-electron chi connectivity index (χ1n) is 11.3. The van der Waals surface area contributed by atoms with E-state index >= 15 is 0 Å². The molecule has 0 saturated heterocycles. The Hall–Kier alpha value is -3.55. The summed E-state index contributed by atoms with van der Waals surface area (Å²) in [6.45, 7) is 4.50. The number of hydrogen-bond donors (Lipinski definition) is 0. The van der Waals surface area contributed by atoms with Crippen LogP contribution in [0.4, 0.5) is 5.69 Å². The summed E-state index contributed by atoms with van der Waals surface area (Å²) in [6, 6.07) is 11.4. The SMILES string of the molecule is CCC(=O)N(CCCN1C(=O)C2(COc3cc4c(cc32)OCO4)c2ccccc21)C(=O)CC. The van der Waals surface area contributed by atoms with Crippen LogP contribution >= 0.6 is 0 Å². The van der Waals surface area contributed by atoms with Crippen molar-refractivity contribution in [3.63, 3.8) is 0 Å². The highest BCUT2D eigenvalue weighted by Crippen LogP contribution is 2.54. The van der Waals surface area contributed by atoms with Crippen molar-refractivity contribution in [3.05, 3.63) is 47.5 Å². The number of anilines is 1. The lowest BCUT2D eigenvalue weighted by Crippen LogP contribution is -2.44. The van der Waals surface area contributed by atoms with Crippen molar-refractivity contribution in [1.82, 2.24) is 4.90 Å². The Kier molecular flexibility index (Phi) is 5.23. The number of rotatable bonds is 6. The lowest BCUT2D eigenvalue weighted by Gasteiger charge is -2.24. The molecule has 3 aliphatic rings. The van der Waals surface area contributed by atoms with E-state index in [1.54, 1.807) is 24.8 Å². The van der Waals surface area contributed by atoms with Gasteiger partial charge in [0.05, 0.1) is 0 Å². The summed E-state index contributed by atoms with van der Waals surface area (Å²) in [4.78, 5) is 41.4. The summed E-state index contributed by atoms with van der Waals surface area (Å²) in [5.41, 5.74) is 1.53. The van der Waals surface area contributed by atoms with E-state index in [9.17, 15) is 14.4 Å². The molecule has 3 aliphatic heterocycles. The lowest BCUT2D eigenvalue weighted by molar-refractivity contribution is -0.144. The van der Waals surface area contributed by atoms with Crippen molar-refractivity contribution in [2.24, 2.45) is 0 Å². The highest BCUT2D eigenvalue weighted by Gasteiger charge is 2.57. The molecular weight excluding hydrogens is 424 g/mol. The van der Waals surface area contributed by atoms with Crippen molar-refractivity contribution >= 4 is 23.4 Å². The van der Waals surface area contributed by atoms with Gasteiger partial charge in [-0.2, -0.15) is 0 Å². The number of benzene rings is 2. The predicted octanol–water partition coefficient (Wildman–Crippen LogP) is 3.01. The number of para-hydroxylation sites is 1. The fraction of sp³-hybridized carbons (Fsp3) is 0.400. The molecule has 8 nitrogen and oxygen atoms in total. The number of ether oxygens (including phenoxy) is 3. The number of amides is 3. The van der Waals surface area contributed by atoms with Gasteiger partial charge in [-0.25, -0.2) is 0 Å². The third-order valence-corrected chi connectivity index (χ3v) is 6.61. The number of imide groups is 1. The number of carbonyl (C=O) groups excluding carboxylic acids is 3. The molecule has 5 rings (SSSR count). The molecule has 172 valence electrons. The Bertz CT molecular complexity index is 1130. The van der Waals surface area contributed by atoms with Crippen LogP contribution in [0.25, 0.3) is 0 Å². The molecule has 0 aromatic heterocycles. The largest absolute Gasteiger partial charge is 0.491 e. The molecule has 1 unspecified atom stereocenters. The maximum Gasteiger partial charge on any atom is 0.245 e. The van der Waals surface area contributed by atoms with E-state index in [0.29, 0.717) is 30.2 Å². The summed E-state index contributed by atoms with van der Waals surface area (Å²) in [6.07, 6.45) is 1.03. The Balaban J connectivity index is 1.44. The van der Waals surface area contributed by atoms with Crippen LogP contribution in [0, 0.1) is 0 Å². The topological polar surface area (TPSA) is 85.4 Å². The van der Waals surface area contributed by atoms with Crippen LogP contribution in [0.15, 0.2) is 36.4 Å². The Morgan fingerprint density at radius 1 is 0.970 bits per heavy atom. The Labute approximate surface area is 192 Å². The smallest absolute Gasteiger partial charge is 0.245 e. The number of fused-ring (bicyclic) bond motifs is 5. The first-order chi connectivity index (χ1) is 16.0. The van der Waals surface area contributed by atoms with Gasteiger partial charge in [0, 0.05) is 43.2 Å². The third-order valence-electron chi connectivity index (χ3n) is 6.61. The number of hydrogen-bond acceptors (Lipinski definition) is 6. The van der Waals surface area contributed by atoms with Crippen molar-refractivity contribution in [2.75, 3.05) is 31.4 Å². The molecule has 3 amide bonds. The van der Waals surface area contributed by atoms with E-state index in [2.05, 4.69) is 0 Å². The van der Waals surface area contributed by atoms with Gasteiger partial charge in [0.2, 0.25) is 24.5 Å². The molecule has 0 aliphatic carbocycles. The average Bonchev–Trinajstić information content (AvgIpc) is 3.51. The van der Waals surface area contributed by atoms with Gasteiger partial charge in [-0.3, -0.25) is 19.3 Å². The van der Waals surface area contributed by atoms with Crippen molar-refractivity contribution in [1.29, 1.82) is 0 Å². The Morgan fingerprint density at radius 2 is 1.67 bits per heavy atom. The summed E-state index contributed by atoms with van der Waals surface area (Å²) < 4.78 is 17.0. The van der Waals surface area contributed by atoms with Gasteiger partial charge in [0.15, 0.2) is 11.5 Å². The summed E-state index contributed by atoms with van der Waals surface area (Å²) in [7, 11) is 0. The fourth-order valence-electron chi connectivity index (χ4n) is 4.94. The molecule has 0 radical (unpaired) electrons. The van der Waals surface area contributed by atoms with Crippen LogP contribution in [0.1, 0.15) is 44.2 Å². The molecular formula is C25H26N2O6. The van der Waals surface area contributed by atoms with Gasteiger partial charge in [0.1, 0.15) is 17.8 Å². The molecule has 3 heterocycles. The zero-order valence-electron chi connectivity index (χ0n) is 18.8. The predicted molar refractivity (Wildman–Crippen MR) is 120 cm³/mol. The minimum Gasteiger partial charge on any atom is -0.491 e. The second-order valence-corrected chi connectivity index (χ2v) is 8.37. The van der Waals surface area contributed by atoms with Crippen LogP contribution in [-0.2, 0) is 19.8 Å². The van der Waals surface area contributed by atoms with Gasteiger partial charge in [-0.15, -0.1) is 0 Å². The van der Waals surface area contributed by atoms with E-state index in [-0.39, 0.29) is 50.5 Å². The van der Waals surface area contributed by atoms with Crippen LogP contribution < -0.4 is 19.1 Å². The van der Waals surface area contributed by atoms with Gasteiger partial charge in [-0.1, -0.05) is 32.0 Å². The van der Waals surface area contributed by atoms with E-state index in [1.165, 1.54) is 4.90 Å². The summed E-state index contributed by atoms with van der Waals surface area (Å²) >= 11 is 0. The first-order valence-corrected chi connectivity index (χ1v) is 11.3. The molecule has 33 heavy (non-hydrogen) atoms. The minimum atomic E-state index is -0.953. The van der Waals surface area contributed by atoms with E-state index in [1.807, 2.05) is 30.3 Å². The average molecular weight is 450 g/mol. The monoisotopic (exact) mass is 450 g/mol. The van der Waals surface area contributed by atoms with E-state index < -0.39 is 5.41 Å². The third kappa shape index (κ3) is 3.15. The van der Waals surface area contributed by atoms with Crippen LogP contribution in [0.3, 0.4) is 0 Å². The normalized spacial score (nSPS) is 19.5. The van der Waals surface area contributed by atoms with E-state index in [0.717, 1.165) is 16.8 Å². The quantitative estimate of drug-likeness (QED) is 0.673. The lowest BCUT2D eigenvalue weighted by atomic mass is 9.77. The summed E-state index contributed by atoms with van der Waals surface area (Å²) in [5.74, 6) is 1.38. The number of carbonyl (C=O) groups is 3. The number of nitrogens with zero attached hydrogens (tertiary/aromatic N) is 2. The maximum absolute atomic E-state index is 13.9. The summed E-state index contributed by atoms with van der Waals surface area (Å²) in [5, 5.41) is 0. The molecule has 1 atom stereocenters. The molecule has 0 bridgehead atoms. The molecule has 1 spiro atoms. The molecule has 0 saturated carbocycles. The van der Waals surface area contributed by atoms with E-state index in [4.69, 9.17) is 14.2 Å². The van der Waals surface area contributed by atoms with Gasteiger partial charge in [0.25, 0.3) is 0 Å². The minimum absolute atomic E-state index is 0.0727. The molecule has 2 aromatic carbocycles. The zero-order valence-corrected chi connectivity index (χ0v) is 18.8. The first kappa shape index (κ1) is 21.3. The molecule has 8 heteroatoms. The molecule has 0 N–H and O–H groups in total. The zero-order chi connectivity index (χ0) is 23.2. The Morgan fingerprint density at radius 3 is 2.39 bits per heavy atom. The highest BCUT2D eigenvalue weighted by molar-refractivity contribution is 6.11. The molecule has 2 aromatic rings. The van der Waals surface area contributed by atoms with Gasteiger partial charge < -0.3 is 19.1 Å². The van der Waals surface area contributed by atoms with Crippen molar-refractivity contribution in [2.45, 2.75) is 38.5 Å². The van der Waals surface area contributed by atoms with Gasteiger partial charge in [-0.05, 0) is 24.1 Å². The second kappa shape index (κ2) is 8.10. The fourth-order valence-corrected chi connectivity index (χ4v) is 4.94. The van der Waals surface area contributed by atoms with Crippen molar-refractivity contribution in [3.8, 4) is 17.2 Å². The van der Waals surface area contributed by atoms with Crippen LogP contribution in [-0.4, -0.2) is 49.1 Å². The second-order valence-electron chi connectivity index (χ2n) is 8.37. The van der Waals surface area contributed by atoms with Gasteiger partial charge >= 0.3 is 0 Å². The van der Waals surface area contributed by atoms with Crippen LogP contribution in [0.2, 0.25) is 0 Å². The highest BCUT2D eigenvalue weighted by atomic mass is 16.7. The van der Waals surface area contributed by atoms with Crippen molar-refractivity contribution < 1.29 is 28.6 Å². The standard InChI is InChI=1S/C25H26N2O6/c1-3-22(28)27(23(29)4-2)11-7-10-26-18-9-6-5-8-16(18)25(24(26)30)14-31-19-13-21-20(12-17(19)25)32-15-33-21/h5-6,8-9,12-13H,3-4,7,10-11,14-15H2,1-2H3. The molecule has 0 fully saturated rings. The maximum atomic E-state index is 13.9.